The van der Waals surface area contributed by atoms with Crippen molar-refractivity contribution in [3.05, 3.63) is 164 Å². The average Bonchev–Trinajstić information content (AvgIpc) is 3.64. The highest BCUT2D eigenvalue weighted by Gasteiger charge is 2.14. The van der Waals surface area contributed by atoms with Crippen LogP contribution in [0.5, 0.6) is 0 Å². The number of para-hydroxylation sites is 1. The van der Waals surface area contributed by atoms with E-state index in [9.17, 15) is 0 Å². The van der Waals surface area contributed by atoms with Gasteiger partial charge in [-0.05, 0) is 75.8 Å². The number of thiophene rings is 1. The van der Waals surface area contributed by atoms with Crippen LogP contribution in [-0.2, 0) is 0 Å². The first kappa shape index (κ1) is 25.1. The van der Waals surface area contributed by atoms with E-state index in [4.69, 9.17) is 0 Å². The van der Waals surface area contributed by atoms with Crippen LogP contribution in [0.3, 0.4) is 0 Å². The Kier molecular flexibility index (Phi) is 5.75. The number of nitrogens with zero attached hydrogens (tertiary/aromatic N) is 1. The van der Waals surface area contributed by atoms with Gasteiger partial charge < -0.3 is 4.57 Å². The molecular weight excluding hydrogens is 551 g/mol. The van der Waals surface area contributed by atoms with Crippen molar-refractivity contribution in [1.29, 1.82) is 0 Å². The Morgan fingerprint density at radius 3 is 1.77 bits per heavy atom. The summed E-state index contributed by atoms with van der Waals surface area (Å²) < 4.78 is 5.06. The van der Waals surface area contributed by atoms with Gasteiger partial charge in [0.2, 0.25) is 0 Å². The van der Waals surface area contributed by atoms with Gasteiger partial charge >= 0.3 is 0 Å². The number of fused-ring (bicyclic) bond motifs is 6. The molecule has 0 N–H and O–H groups in total. The average molecular weight is 578 g/mol. The molecule has 9 aromatic rings. The lowest BCUT2D eigenvalue weighted by molar-refractivity contribution is 1.18. The zero-order valence-corrected chi connectivity index (χ0v) is 24.8. The third kappa shape index (κ3) is 4.00. The van der Waals surface area contributed by atoms with Gasteiger partial charge in [-0.3, -0.25) is 0 Å². The summed E-state index contributed by atoms with van der Waals surface area (Å²) in [5.74, 6) is 0. The Balaban J connectivity index is 1.09. The highest BCUT2D eigenvalue weighted by molar-refractivity contribution is 7.25. The molecule has 1 nitrogen and oxygen atoms in total. The van der Waals surface area contributed by atoms with Gasteiger partial charge in [-0.1, -0.05) is 121 Å². The number of hydrogen-bond acceptors (Lipinski definition) is 1. The molecule has 0 saturated carbocycles. The van der Waals surface area contributed by atoms with Crippen molar-refractivity contribution in [3.8, 4) is 39.1 Å². The second-order valence-electron chi connectivity index (χ2n) is 11.4. The van der Waals surface area contributed by atoms with Crippen molar-refractivity contribution in [2.24, 2.45) is 0 Å². The zero-order valence-electron chi connectivity index (χ0n) is 23.9. The lowest BCUT2D eigenvalue weighted by Gasteiger charge is -2.11. The molecule has 0 radical (unpaired) electrons. The van der Waals surface area contributed by atoms with Crippen LogP contribution >= 0.6 is 11.3 Å². The summed E-state index contributed by atoms with van der Waals surface area (Å²) in [5, 5.41) is 5.24. The molecule has 2 aromatic heterocycles. The van der Waals surface area contributed by atoms with Gasteiger partial charge in [0.05, 0.1) is 11.0 Å². The van der Waals surface area contributed by atoms with E-state index >= 15 is 0 Å². The molecule has 0 bridgehead atoms. The maximum atomic E-state index is 2.39. The molecule has 0 aliphatic carbocycles. The normalized spacial score (nSPS) is 11.6. The van der Waals surface area contributed by atoms with E-state index in [2.05, 4.69) is 168 Å². The zero-order chi connectivity index (χ0) is 29.0. The van der Waals surface area contributed by atoms with Crippen molar-refractivity contribution in [1.82, 2.24) is 4.57 Å². The largest absolute Gasteiger partial charge is 0.309 e. The van der Waals surface area contributed by atoms with E-state index in [0.717, 1.165) is 0 Å². The predicted octanol–water partition coefficient (Wildman–Crippen LogP) is 12.2. The van der Waals surface area contributed by atoms with Gasteiger partial charge in [-0.15, -0.1) is 11.3 Å². The summed E-state index contributed by atoms with van der Waals surface area (Å²) in [6.07, 6.45) is 0. The molecular formula is C42H27NS. The second kappa shape index (κ2) is 10.1. The molecule has 0 saturated heterocycles. The lowest BCUT2D eigenvalue weighted by Crippen LogP contribution is -1.93. The van der Waals surface area contributed by atoms with Crippen LogP contribution < -0.4 is 0 Å². The number of benzene rings is 7. The molecule has 9 rings (SSSR count). The van der Waals surface area contributed by atoms with Crippen LogP contribution in [0.4, 0.5) is 0 Å². The molecule has 0 unspecified atom stereocenters. The third-order valence-corrected chi connectivity index (χ3v) is 9.97. The molecule has 2 heterocycles. The molecule has 0 spiro atoms. The fourth-order valence-electron chi connectivity index (χ4n) is 6.72. The van der Waals surface area contributed by atoms with Gasteiger partial charge in [0.25, 0.3) is 0 Å². The monoisotopic (exact) mass is 577 g/mol. The van der Waals surface area contributed by atoms with Gasteiger partial charge in [0.15, 0.2) is 0 Å². The summed E-state index contributed by atoms with van der Waals surface area (Å²) in [5.41, 5.74) is 11.1. The molecule has 0 aliphatic heterocycles. The summed E-state index contributed by atoms with van der Waals surface area (Å²) in [4.78, 5) is 0. The van der Waals surface area contributed by atoms with Crippen LogP contribution in [-0.4, -0.2) is 4.57 Å². The van der Waals surface area contributed by atoms with E-state index in [-0.39, 0.29) is 0 Å². The van der Waals surface area contributed by atoms with Crippen LogP contribution in [0.1, 0.15) is 0 Å². The minimum atomic E-state index is 1.17. The van der Waals surface area contributed by atoms with Crippen molar-refractivity contribution >= 4 is 53.3 Å². The molecule has 0 aliphatic rings. The fourth-order valence-corrected chi connectivity index (χ4v) is 7.85. The van der Waals surface area contributed by atoms with Gasteiger partial charge in [0.1, 0.15) is 0 Å². The van der Waals surface area contributed by atoms with Gasteiger partial charge in [-0.2, -0.15) is 0 Å². The Bertz CT molecular complexity index is 2460. The molecule has 7 aromatic carbocycles. The second-order valence-corrected chi connectivity index (χ2v) is 12.4. The smallest absolute Gasteiger partial charge is 0.0541 e. The standard InChI is InChI=1S/C42H27NS/c1-2-9-28(10-3-1)32-23-26-39-37(27-32)35-11-4-6-14-38(35)43(39)33-24-21-30(22-25-33)29-17-19-31(20-18-29)34-13-8-16-41-42(34)36-12-5-7-15-40(36)44-41/h1-27H. The van der Waals surface area contributed by atoms with Crippen molar-refractivity contribution < 1.29 is 0 Å². The Labute approximate surface area is 259 Å². The molecule has 2 heteroatoms. The fraction of sp³-hybridized carbons (Fsp3) is 0. The maximum absolute atomic E-state index is 2.39. The molecule has 0 fully saturated rings. The van der Waals surface area contributed by atoms with E-state index in [1.807, 2.05) is 11.3 Å². The van der Waals surface area contributed by atoms with Gasteiger partial charge in [0, 0.05) is 36.6 Å². The summed E-state index contributed by atoms with van der Waals surface area (Å²) >= 11 is 1.87. The quantitative estimate of drug-likeness (QED) is 0.196. The van der Waals surface area contributed by atoms with E-state index < -0.39 is 0 Å². The maximum Gasteiger partial charge on any atom is 0.0541 e. The highest BCUT2D eigenvalue weighted by atomic mass is 32.1. The topological polar surface area (TPSA) is 4.93 Å². The Morgan fingerprint density at radius 2 is 0.955 bits per heavy atom. The van der Waals surface area contributed by atoms with Crippen LogP contribution in [0.15, 0.2) is 164 Å². The predicted molar refractivity (Wildman–Crippen MR) is 190 cm³/mol. The molecule has 206 valence electrons. The molecule has 0 atom stereocenters. The first-order valence-corrected chi connectivity index (χ1v) is 15.8. The Hall–Kier alpha value is -5.44. The summed E-state index contributed by atoms with van der Waals surface area (Å²) in [6, 6.07) is 59.6. The van der Waals surface area contributed by atoms with Gasteiger partial charge in [-0.25, -0.2) is 0 Å². The number of hydrogen-bond donors (Lipinski definition) is 0. The lowest BCUT2D eigenvalue weighted by atomic mass is 9.97. The van der Waals surface area contributed by atoms with Crippen molar-refractivity contribution in [2.75, 3.05) is 0 Å². The molecule has 0 amide bonds. The van der Waals surface area contributed by atoms with E-state index in [1.54, 1.807) is 0 Å². The summed E-state index contributed by atoms with van der Waals surface area (Å²) in [7, 11) is 0. The Morgan fingerprint density at radius 1 is 0.364 bits per heavy atom. The van der Waals surface area contributed by atoms with Crippen LogP contribution in [0.2, 0.25) is 0 Å². The number of rotatable bonds is 4. The van der Waals surface area contributed by atoms with Crippen LogP contribution in [0, 0.1) is 0 Å². The first-order valence-electron chi connectivity index (χ1n) is 15.0. The minimum Gasteiger partial charge on any atom is -0.309 e. The van der Waals surface area contributed by atoms with Crippen molar-refractivity contribution in [3.63, 3.8) is 0 Å². The number of aromatic nitrogens is 1. The highest BCUT2D eigenvalue weighted by Crippen LogP contribution is 2.40. The van der Waals surface area contributed by atoms with Crippen molar-refractivity contribution in [2.45, 2.75) is 0 Å². The molecule has 44 heavy (non-hydrogen) atoms. The SMILES string of the molecule is c1ccc(-c2ccc3c(c2)c2ccccc2n3-c2ccc(-c3ccc(-c4cccc5sc6ccccc6c45)cc3)cc2)cc1. The minimum absolute atomic E-state index is 1.17. The van der Waals surface area contributed by atoms with E-state index in [0.29, 0.717) is 0 Å². The van der Waals surface area contributed by atoms with E-state index in [1.165, 1.54) is 81.0 Å². The third-order valence-electron chi connectivity index (χ3n) is 8.84. The first-order chi connectivity index (χ1) is 21.8. The van der Waals surface area contributed by atoms with Crippen LogP contribution in [0.25, 0.3) is 81.0 Å². The summed E-state index contributed by atoms with van der Waals surface area (Å²) in [6.45, 7) is 0.